The highest BCUT2D eigenvalue weighted by molar-refractivity contribution is 5.16. The highest BCUT2D eigenvalue weighted by Gasteiger charge is 2.30. The van der Waals surface area contributed by atoms with Gasteiger partial charge in [-0.3, -0.25) is 0 Å². The van der Waals surface area contributed by atoms with Crippen molar-refractivity contribution in [3.63, 3.8) is 0 Å². The van der Waals surface area contributed by atoms with Crippen LogP contribution < -0.4 is 10.1 Å². The molecule has 1 aromatic heterocycles. The summed E-state index contributed by atoms with van der Waals surface area (Å²) in [6.45, 7) is 3.13. The van der Waals surface area contributed by atoms with E-state index in [9.17, 15) is 0 Å². The number of hydrogen-bond donors (Lipinski definition) is 1. The molecule has 82 valence electrons. The topological polar surface area (TPSA) is 34.1 Å². The molecule has 0 unspecified atom stereocenters. The number of ether oxygens (including phenoxy) is 1. The molecular formula is C12H18N2O. The molecule has 1 fully saturated rings. The Labute approximate surface area is 90.9 Å². The molecule has 0 amide bonds. The van der Waals surface area contributed by atoms with E-state index in [2.05, 4.69) is 10.3 Å². The van der Waals surface area contributed by atoms with Crippen LogP contribution in [0.3, 0.4) is 0 Å². The fourth-order valence-electron chi connectivity index (χ4n) is 1.92. The monoisotopic (exact) mass is 206 g/mol. The van der Waals surface area contributed by atoms with E-state index in [-0.39, 0.29) is 0 Å². The quantitative estimate of drug-likeness (QED) is 0.815. The molecule has 2 rings (SSSR count). The highest BCUT2D eigenvalue weighted by Crippen LogP contribution is 2.30. The molecule has 1 N–H and O–H groups in total. The zero-order valence-electron chi connectivity index (χ0n) is 9.36. The van der Waals surface area contributed by atoms with Crippen LogP contribution in [0.15, 0.2) is 18.3 Å². The van der Waals surface area contributed by atoms with Crippen LogP contribution in [0.5, 0.6) is 5.88 Å². The summed E-state index contributed by atoms with van der Waals surface area (Å²) in [4.78, 5) is 4.23. The highest BCUT2D eigenvalue weighted by atomic mass is 16.5. The summed E-state index contributed by atoms with van der Waals surface area (Å²) in [7, 11) is 2.00. The third-order valence-electron chi connectivity index (χ3n) is 2.86. The maximum Gasteiger partial charge on any atom is 0.213 e. The van der Waals surface area contributed by atoms with Gasteiger partial charge in [0.1, 0.15) is 6.10 Å². The molecule has 1 aromatic rings. The Kier molecular flexibility index (Phi) is 3.21. The number of hydrogen-bond acceptors (Lipinski definition) is 3. The molecule has 0 radical (unpaired) electrons. The van der Waals surface area contributed by atoms with Crippen LogP contribution in [0, 0.1) is 12.8 Å². The maximum absolute atomic E-state index is 5.74. The molecule has 0 saturated heterocycles. The molecule has 1 heterocycles. The van der Waals surface area contributed by atoms with Gasteiger partial charge in [0.15, 0.2) is 0 Å². The van der Waals surface area contributed by atoms with Crippen molar-refractivity contribution in [2.75, 3.05) is 13.6 Å². The number of nitrogens with zero attached hydrogens (tertiary/aromatic N) is 1. The van der Waals surface area contributed by atoms with Gasteiger partial charge in [-0.15, -0.1) is 0 Å². The summed E-state index contributed by atoms with van der Waals surface area (Å²) in [5.41, 5.74) is 1.17. The Morgan fingerprint density at radius 1 is 1.47 bits per heavy atom. The summed E-state index contributed by atoms with van der Waals surface area (Å²) >= 11 is 0. The Morgan fingerprint density at radius 3 is 2.87 bits per heavy atom. The van der Waals surface area contributed by atoms with Crippen molar-refractivity contribution < 1.29 is 4.74 Å². The minimum absolute atomic E-state index is 0.374. The Bertz CT molecular complexity index is 304. The second kappa shape index (κ2) is 4.62. The summed E-state index contributed by atoms with van der Waals surface area (Å²) in [6, 6.07) is 3.98. The predicted octanol–water partition coefficient (Wildman–Crippen LogP) is 1.77. The van der Waals surface area contributed by atoms with E-state index in [1.54, 1.807) is 0 Å². The third kappa shape index (κ3) is 2.69. The lowest BCUT2D eigenvalue weighted by atomic mass is 9.82. The van der Waals surface area contributed by atoms with Crippen molar-refractivity contribution in [3.05, 3.63) is 23.9 Å². The number of aryl methyl sites for hydroxylation is 1. The summed E-state index contributed by atoms with van der Waals surface area (Å²) in [6.07, 6.45) is 4.52. The molecule has 3 heteroatoms. The van der Waals surface area contributed by atoms with Gasteiger partial charge in [-0.05, 0) is 44.8 Å². The van der Waals surface area contributed by atoms with Crippen molar-refractivity contribution in [2.24, 2.45) is 5.92 Å². The van der Waals surface area contributed by atoms with Crippen LogP contribution >= 0.6 is 0 Å². The lowest BCUT2D eigenvalue weighted by molar-refractivity contribution is 0.0617. The van der Waals surface area contributed by atoms with Gasteiger partial charge in [0, 0.05) is 12.3 Å². The molecule has 0 aromatic carbocycles. The van der Waals surface area contributed by atoms with Gasteiger partial charge < -0.3 is 10.1 Å². The minimum atomic E-state index is 0.374. The van der Waals surface area contributed by atoms with Gasteiger partial charge in [0.05, 0.1) is 0 Å². The fourth-order valence-corrected chi connectivity index (χ4v) is 1.92. The molecule has 0 bridgehead atoms. The standard InChI is InChI=1S/C12H18N2O/c1-9-3-4-12(14-7-9)15-11-5-10(6-11)8-13-2/h3-4,7,10-11,13H,5-6,8H2,1-2H3. The molecule has 0 spiro atoms. The van der Waals surface area contributed by atoms with E-state index in [0.29, 0.717) is 6.10 Å². The summed E-state index contributed by atoms with van der Waals surface area (Å²) in [5.74, 6) is 1.54. The Morgan fingerprint density at radius 2 is 2.27 bits per heavy atom. The second-order valence-electron chi connectivity index (χ2n) is 4.31. The van der Waals surface area contributed by atoms with Gasteiger partial charge in [-0.2, -0.15) is 0 Å². The predicted molar refractivity (Wildman–Crippen MR) is 60.0 cm³/mol. The van der Waals surface area contributed by atoms with Crippen LogP contribution in [0.25, 0.3) is 0 Å². The lowest BCUT2D eigenvalue weighted by Crippen LogP contribution is -2.38. The van der Waals surface area contributed by atoms with Gasteiger partial charge in [0.2, 0.25) is 5.88 Å². The summed E-state index contributed by atoms with van der Waals surface area (Å²) in [5, 5.41) is 3.19. The molecule has 1 aliphatic carbocycles. The van der Waals surface area contributed by atoms with E-state index in [1.807, 2.05) is 32.3 Å². The van der Waals surface area contributed by atoms with Crippen molar-refractivity contribution in [2.45, 2.75) is 25.9 Å². The zero-order chi connectivity index (χ0) is 10.7. The van der Waals surface area contributed by atoms with Crippen LogP contribution in [0.1, 0.15) is 18.4 Å². The first-order valence-electron chi connectivity index (χ1n) is 5.52. The SMILES string of the molecule is CNCC1CC(Oc2ccc(C)cn2)C1. The number of aromatic nitrogens is 1. The largest absolute Gasteiger partial charge is 0.474 e. The van der Waals surface area contributed by atoms with Crippen LogP contribution in [-0.4, -0.2) is 24.7 Å². The lowest BCUT2D eigenvalue weighted by Gasteiger charge is -2.34. The van der Waals surface area contributed by atoms with E-state index in [1.165, 1.54) is 5.56 Å². The van der Waals surface area contributed by atoms with Gasteiger partial charge >= 0.3 is 0 Å². The number of rotatable bonds is 4. The summed E-state index contributed by atoms with van der Waals surface area (Å²) < 4.78 is 5.74. The normalized spacial score (nSPS) is 24.7. The van der Waals surface area contributed by atoms with Crippen molar-refractivity contribution in [1.29, 1.82) is 0 Å². The first kappa shape index (κ1) is 10.4. The molecule has 3 nitrogen and oxygen atoms in total. The zero-order valence-corrected chi connectivity index (χ0v) is 9.36. The molecule has 15 heavy (non-hydrogen) atoms. The van der Waals surface area contributed by atoms with E-state index < -0.39 is 0 Å². The molecule has 1 aliphatic rings. The van der Waals surface area contributed by atoms with Crippen molar-refractivity contribution >= 4 is 0 Å². The van der Waals surface area contributed by atoms with E-state index in [0.717, 1.165) is 31.2 Å². The minimum Gasteiger partial charge on any atom is -0.474 e. The average molecular weight is 206 g/mol. The van der Waals surface area contributed by atoms with E-state index >= 15 is 0 Å². The maximum atomic E-state index is 5.74. The fraction of sp³-hybridized carbons (Fsp3) is 0.583. The van der Waals surface area contributed by atoms with Crippen molar-refractivity contribution in [3.8, 4) is 5.88 Å². The first-order chi connectivity index (χ1) is 7.28. The third-order valence-corrected chi connectivity index (χ3v) is 2.86. The van der Waals surface area contributed by atoms with Crippen LogP contribution in [-0.2, 0) is 0 Å². The average Bonchev–Trinajstić information content (AvgIpc) is 2.18. The van der Waals surface area contributed by atoms with Gasteiger partial charge in [0.25, 0.3) is 0 Å². The van der Waals surface area contributed by atoms with Crippen molar-refractivity contribution in [1.82, 2.24) is 10.3 Å². The molecule has 0 atom stereocenters. The van der Waals surface area contributed by atoms with E-state index in [4.69, 9.17) is 4.74 Å². The molecular weight excluding hydrogens is 188 g/mol. The smallest absolute Gasteiger partial charge is 0.213 e. The van der Waals surface area contributed by atoms with Crippen LogP contribution in [0.4, 0.5) is 0 Å². The molecule has 1 saturated carbocycles. The second-order valence-corrected chi connectivity index (χ2v) is 4.31. The number of nitrogens with one attached hydrogen (secondary N) is 1. The van der Waals surface area contributed by atoms with Gasteiger partial charge in [-0.25, -0.2) is 4.98 Å². The molecule has 0 aliphatic heterocycles. The van der Waals surface area contributed by atoms with Gasteiger partial charge in [-0.1, -0.05) is 6.07 Å². The number of pyridine rings is 1. The first-order valence-corrected chi connectivity index (χ1v) is 5.52. The van der Waals surface area contributed by atoms with Crippen LogP contribution in [0.2, 0.25) is 0 Å². The Hall–Kier alpha value is -1.09. The Balaban J connectivity index is 1.77.